The van der Waals surface area contributed by atoms with Gasteiger partial charge in [0.05, 0.1) is 17.8 Å². The molecule has 0 spiro atoms. The quantitative estimate of drug-likeness (QED) is 0.653. The molecule has 0 fully saturated rings. The topological polar surface area (TPSA) is 22.1 Å². The summed E-state index contributed by atoms with van der Waals surface area (Å²) in [5.74, 6) is 0.655. The molecule has 0 saturated heterocycles. The molecule has 0 unspecified atom stereocenters. The minimum absolute atomic E-state index is 0.391. The fourth-order valence-electron chi connectivity index (χ4n) is 0.589. The van der Waals surface area contributed by atoms with Gasteiger partial charge >= 0.3 is 0 Å². The Bertz CT molecular complexity index is 215. The van der Waals surface area contributed by atoms with Crippen molar-refractivity contribution in [2.75, 3.05) is 6.61 Å². The Morgan fingerprint density at radius 3 is 3.00 bits per heavy atom. The molecule has 0 atom stereocenters. The molecule has 1 aromatic heterocycles. The lowest BCUT2D eigenvalue weighted by Gasteiger charge is -2.00. The van der Waals surface area contributed by atoms with Crippen molar-refractivity contribution in [3.8, 4) is 5.75 Å². The van der Waals surface area contributed by atoms with Crippen LogP contribution in [0.25, 0.3) is 0 Å². The highest BCUT2D eigenvalue weighted by atomic mass is 35.5. The van der Waals surface area contributed by atoms with Gasteiger partial charge in [-0.2, -0.15) is 0 Å². The summed E-state index contributed by atoms with van der Waals surface area (Å²) >= 11 is 5.62. The Morgan fingerprint density at radius 1 is 1.60 bits per heavy atom. The molecule has 1 heterocycles. The third-order valence-corrected chi connectivity index (χ3v) is 1.16. The smallest absolute Gasteiger partial charge is 0.139 e. The summed E-state index contributed by atoms with van der Waals surface area (Å²) in [6.45, 7) is 3.91. The van der Waals surface area contributed by atoms with Crippen LogP contribution in [-0.4, -0.2) is 11.6 Å². The minimum Gasteiger partial charge on any atom is -0.492 e. The SMILES string of the molecule is [CH2]COc1cncc(Cl)c1. The van der Waals surface area contributed by atoms with Gasteiger partial charge in [0, 0.05) is 12.3 Å². The highest BCUT2D eigenvalue weighted by molar-refractivity contribution is 6.30. The zero-order valence-corrected chi connectivity index (χ0v) is 6.14. The summed E-state index contributed by atoms with van der Waals surface area (Å²) < 4.78 is 5.03. The molecule has 10 heavy (non-hydrogen) atoms. The van der Waals surface area contributed by atoms with Crippen molar-refractivity contribution in [1.82, 2.24) is 4.98 Å². The van der Waals surface area contributed by atoms with Gasteiger partial charge in [-0.25, -0.2) is 0 Å². The first-order valence-corrected chi connectivity index (χ1v) is 3.23. The summed E-state index contributed by atoms with van der Waals surface area (Å²) in [6, 6.07) is 1.69. The molecule has 1 aromatic rings. The van der Waals surface area contributed by atoms with Gasteiger partial charge in [-0.05, 0) is 6.92 Å². The van der Waals surface area contributed by atoms with Gasteiger partial charge in [-0.3, -0.25) is 4.98 Å². The monoisotopic (exact) mass is 156 g/mol. The lowest BCUT2D eigenvalue weighted by Crippen LogP contribution is -1.91. The zero-order chi connectivity index (χ0) is 7.40. The lowest BCUT2D eigenvalue weighted by molar-refractivity contribution is 0.359. The Balaban J connectivity index is 2.75. The van der Waals surface area contributed by atoms with E-state index in [0.29, 0.717) is 17.4 Å². The van der Waals surface area contributed by atoms with Crippen LogP contribution in [0.3, 0.4) is 0 Å². The molecule has 0 aliphatic heterocycles. The molecule has 0 aromatic carbocycles. The van der Waals surface area contributed by atoms with Crippen molar-refractivity contribution in [2.24, 2.45) is 0 Å². The van der Waals surface area contributed by atoms with Crippen molar-refractivity contribution < 1.29 is 4.74 Å². The summed E-state index contributed by atoms with van der Waals surface area (Å²) in [5, 5.41) is 0.575. The summed E-state index contributed by atoms with van der Waals surface area (Å²) in [5.41, 5.74) is 0. The largest absolute Gasteiger partial charge is 0.492 e. The number of hydrogen-bond donors (Lipinski definition) is 0. The summed E-state index contributed by atoms with van der Waals surface area (Å²) in [6.07, 6.45) is 3.15. The average Bonchev–Trinajstić information content (AvgIpc) is 1.88. The Kier molecular flexibility index (Phi) is 2.51. The van der Waals surface area contributed by atoms with Crippen LogP contribution < -0.4 is 4.74 Å². The Morgan fingerprint density at radius 2 is 2.40 bits per heavy atom. The van der Waals surface area contributed by atoms with Crippen molar-refractivity contribution in [2.45, 2.75) is 0 Å². The normalized spacial score (nSPS) is 9.40. The van der Waals surface area contributed by atoms with Gasteiger partial charge in [0.15, 0.2) is 0 Å². The molecule has 0 bridgehead atoms. The molecule has 0 aliphatic carbocycles. The lowest BCUT2D eigenvalue weighted by atomic mass is 10.5. The zero-order valence-electron chi connectivity index (χ0n) is 5.38. The van der Waals surface area contributed by atoms with Crippen LogP contribution in [0.15, 0.2) is 18.5 Å². The van der Waals surface area contributed by atoms with Crippen LogP contribution in [0.1, 0.15) is 0 Å². The van der Waals surface area contributed by atoms with Crippen molar-refractivity contribution in [1.29, 1.82) is 0 Å². The maximum absolute atomic E-state index is 5.62. The molecule has 0 saturated carbocycles. The molecule has 0 amide bonds. The molecule has 1 radical (unpaired) electrons. The molecule has 3 heteroatoms. The fraction of sp³-hybridized carbons (Fsp3) is 0.143. The fourth-order valence-corrected chi connectivity index (χ4v) is 0.753. The van der Waals surface area contributed by atoms with Gasteiger partial charge in [0.25, 0.3) is 0 Å². The third kappa shape index (κ3) is 1.88. The standard InChI is InChI=1S/C7H7ClNO/c1-2-10-7-3-6(8)4-9-5-7/h3-5H,1-2H2. The number of nitrogens with zero attached hydrogens (tertiary/aromatic N) is 1. The van der Waals surface area contributed by atoms with Crippen molar-refractivity contribution >= 4 is 11.6 Å². The second-order valence-electron chi connectivity index (χ2n) is 1.69. The second-order valence-corrected chi connectivity index (χ2v) is 2.12. The number of rotatable bonds is 2. The molecule has 0 aliphatic rings. The number of aromatic nitrogens is 1. The van der Waals surface area contributed by atoms with Gasteiger partial charge < -0.3 is 4.74 Å². The maximum Gasteiger partial charge on any atom is 0.139 e. The summed E-state index contributed by atoms with van der Waals surface area (Å²) in [7, 11) is 0. The number of pyridine rings is 1. The number of ether oxygens (including phenoxy) is 1. The van der Waals surface area contributed by atoms with E-state index in [-0.39, 0.29) is 0 Å². The van der Waals surface area contributed by atoms with E-state index in [1.165, 1.54) is 0 Å². The van der Waals surface area contributed by atoms with Gasteiger partial charge in [0.1, 0.15) is 5.75 Å². The Labute approximate surface area is 64.8 Å². The Hall–Kier alpha value is -0.760. The first-order valence-electron chi connectivity index (χ1n) is 2.85. The van der Waals surface area contributed by atoms with Crippen LogP contribution in [0.4, 0.5) is 0 Å². The van der Waals surface area contributed by atoms with E-state index >= 15 is 0 Å². The third-order valence-electron chi connectivity index (χ3n) is 0.949. The van der Waals surface area contributed by atoms with Crippen LogP contribution in [0, 0.1) is 6.92 Å². The second kappa shape index (κ2) is 3.42. The van der Waals surface area contributed by atoms with Crippen molar-refractivity contribution in [3.63, 3.8) is 0 Å². The van der Waals surface area contributed by atoms with E-state index in [1.807, 2.05) is 0 Å². The van der Waals surface area contributed by atoms with Crippen LogP contribution >= 0.6 is 11.6 Å². The highest BCUT2D eigenvalue weighted by Crippen LogP contribution is 2.14. The predicted molar refractivity (Wildman–Crippen MR) is 40.1 cm³/mol. The van der Waals surface area contributed by atoms with Gasteiger partial charge in [-0.1, -0.05) is 11.6 Å². The average molecular weight is 157 g/mol. The molecular weight excluding hydrogens is 150 g/mol. The first kappa shape index (κ1) is 7.35. The van der Waals surface area contributed by atoms with Crippen LogP contribution in [-0.2, 0) is 0 Å². The van der Waals surface area contributed by atoms with Crippen molar-refractivity contribution in [3.05, 3.63) is 30.4 Å². The minimum atomic E-state index is 0.391. The predicted octanol–water partition coefficient (Wildman–Crippen LogP) is 1.95. The first-order chi connectivity index (χ1) is 4.83. The van der Waals surface area contributed by atoms with Crippen LogP contribution in [0.2, 0.25) is 5.02 Å². The molecule has 0 N–H and O–H groups in total. The summed E-state index contributed by atoms with van der Waals surface area (Å²) in [4.78, 5) is 3.82. The molecule has 2 nitrogen and oxygen atoms in total. The highest BCUT2D eigenvalue weighted by Gasteiger charge is 1.91. The maximum atomic E-state index is 5.62. The number of halogens is 1. The van der Waals surface area contributed by atoms with E-state index in [4.69, 9.17) is 16.3 Å². The van der Waals surface area contributed by atoms with Gasteiger partial charge in [-0.15, -0.1) is 0 Å². The van der Waals surface area contributed by atoms with E-state index in [0.717, 1.165) is 0 Å². The van der Waals surface area contributed by atoms with Gasteiger partial charge in [0.2, 0.25) is 0 Å². The molecule has 53 valence electrons. The van der Waals surface area contributed by atoms with E-state index < -0.39 is 0 Å². The van der Waals surface area contributed by atoms with E-state index in [2.05, 4.69) is 11.9 Å². The molecule has 1 rings (SSSR count). The van der Waals surface area contributed by atoms with E-state index in [9.17, 15) is 0 Å². The molecular formula is C7H7ClNO. The number of hydrogen-bond acceptors (Lipinski definition) is 2. The van der Waals surface area contributed by atoms with Crippen LogP contribution in [0.5, 0.6) is 5.75 Å². The van der Waals surface area contributed by atoms with E-state index in [1.54, 1.807) is 18.5 Å².